The molecular formula is C21H24N2O3S. The van der Waals surface area contributed by atoms with Crippen LogP contribution >= 0.6 is 11.8 Å². The molecule has 0 saturated heterocycles. The number of hydrogen-bond acceptors (Lipinski definition) is 6. The lowest BCUT2D eigenvalue weighted by molar-refractivity contribution is 0.0977. The summed E-state index contributed by atoms with van der Waals surface area (Å²) in [5, 5.41) is 10.4. The Balaban J connectivity index is 1.87. The number of ketones is 2. The molecule has 3 N–H and O–H groups in total. The second-order valence-corrected chi connectivity index (χ2v) is 7.90. The molecule has 0 bridgehead atoms. The van der Waals surface area contributed by atoms with Crippen LogP contribution in [0.4, 0.5) is 5.69 Å². The van der Waals surface area contributed by atoms with E-state index in [9.17, 15) is 14.7 Å². The molecule has 0 amide bonds. The minimum atomic E-state index is -0.361. The van der Waals surface area contributed by atoms with Crippen molar-refractivity contribution in [3.8, 4) is 5.75 Å². The maximum absolute atomic E-state index is 12.9. The molecule has 0 spiro atoms. The summed E-state index contributed by atoms with van der Waals surface area (Å²) in [5.74, 6) is -0.0777. The maximum atomic E-state index is 12.9. The van der Waals surface area contributed by atoms with Gasteiger partial charge in [0.25, 0.3) is 0 Å². The lowest BCUT2D eigenvalue weighted by atomic mass is 9.83. The van der Waals surface area contributed by atoms with Gasteiger partial charge in [0.05, 0.1) is 16.8 Å². The van der Waals surface area contributed by atoms with E-state index < -0.39 is 0 Å². The van der Waals surface area contributed by atoms with Gasteiger partial charge >= 0.3 is 0 Å². The van der Waals surface area contributed by atoms with E-state index in [2.05, 4.69) is 18.9 Å². The third kappa shape index (κ3) is 3.73. The Labute approximate surface area is 163 Å². The van der Waals surface area contributed by atoms with E-state index in [4.69, 9.17) is 5.73 Å². The summed E-state index contributed by atoms with van der Waals surface area (Å²) in [6.07, 6.45) is 2.31. The smallest absolute Gasteiger partial charge is 0.198 e. The minimum absolute atomic E-state index is 0.0145. The predicted molar refractivity (Wildman–Crippen MR) is 109 cm³/mol. The molecule has 0 aromatic heterocycles. The SMILES string of the molecule is CCCCN(C)CCSc1cc(O)c2c(c1N)C(=O)c1ccccc1C2=O. The van der Waals surface area contributed by atoms with Crippen LogP contribution in [-0.4, -0.2) is 47.5 Å². The molecule has 1 aliphatic carbocycles. The van der Waals surface area contributed by atoms with Crippen molar-refractivity contribution in [1.82, 2.24) is 4.90 Å². The number of carbonyl (C=O) groups is 2. The topological polar surface area (TPSA) is 83.6 Å². The van der Waals surface area contributed by atoms with Crippen molar-refractivity contribution < 1.29 is 14.7 Å². The Morgan fingerprint density at radius 2 is 1.70 bits per heavy atom. The van der Waals surface area contributed by atoms with E-state index in [-0.39, 0.29) is 34.1 Å². The summed E-state index contributed by atoms with van der Waals surface area (Å²) in [6, 6.07) is 8.15. The van der Waals surface area contributed by atoms with Crippen LogP contribution in [-0.2, 0) is 0 Å². The second kappa shape index (κ2) is 8.15. The van der Waals surface area contributed by atoms with Crippen molar-refractivity contribution in [3.63, 3.8) is 0 Å². The van der Waals surface area contributed by atoms with Gasteiger partial charge in [-0.2, -0.15) is 0 Å². The molecule has 2 aromatic rings. The van der Waals surface area contributed by atoms with Gasteiger partial charge in [0.1, 0.15) is 5.75 Å². The van der Waals surface area contributed by atoms with Crippen molar-refractivity contribution in [1.29, 1.82) is 0 Å². The number of nitrogen functional groups attached to an aromatic ring is 1. The normalized spacial score (nSPS) is 13.0. The molecule has 0 aliphatic heterocycles. The van der Waals surface area contributed by atoms with Gasteiger partial charge in [0.2, 0.25) is 0 Å². The van der Waals surface area contributed by atoms with Crippen molar-refractivity contribution >= 4 is 29.0 Å². The van der Waals surface area contributed by atoms with Gasteiger partial charge in [-0.25, -0.2) is 0 Å². The quantitative estimate of drug-likeness (QED) is 0.368. The van der Waals surface area contributed by atoms with Crippen LogP contribution in [0.2, 0.25) is 0 Å². The fraction of sp³-hybridized carbons (Fsp3) is 0.333. The van der Waals surface area contributed by atoms with Crippen molar-refractivity contribution in [2.75, 3.05) is 31.6 Å². The summed E-state index contributed by atoms with van der Waals surface area (Å²) in [6.45, 7) is 4.07. The zero-order valence-corrected chi connectivity index (χ0v) is 16.4. The molecule has 0 radical (unpaired) electrons. The van der Waals surface area contributed by atoms with E-state index in [1.807, 2.05) is 0 Å². The van der Waals surface area contributed by atoms with Crippen molar-refractivity contribution in [3.05, 3.63) is 52.6 Å². The monoisotopic (exact) mass is 384 g/mol. The summed E-state index contributed by atoms with van der Waals surface area (Å²) in [5.41, 5.74) is 7.32. The minimum Gasteiger partial charge on any atom is -0.507 e. The number of aromatic hydroxyl groups is 1. The van der Waals surface area contributed by atoms with Gasteiger partial charge < -0.3 is 15.7 Å². The Bertz CT molecular complexity index is 895. The number of rotatable bonds is 7. The van der Waals surface area contributed by atoms with Crippen molar-refractivity contribution in [2.45, 2.75) is 24.7 Å². The molecule has 27 heavy (non-hydrogen) atoms. The van der Waals surface area contributed by atoms with Gasteiger partial charge in [0, 0.05) is 28.3 Å². The number of unbranched alkanes of at least 4 members (excludes halogenated alkanes) is 1. The number of benzene rings is 2. The maximum Gasteiger partial charge on any atom is 0.198 e. The van der Waals surface area contributed by atoms with Gasteiger partial charge in [-0.1, -0.05) is 37.6 Å². The van der Waals surface area contributed by atoms with Crippen LogP contribution in [0.5, 0.6) is 5.75 Å². The first-order valence-corrected chi connectivity index (χ1v) is 10.1. The fourth-order valence-corrected chi connectivity index (χ4v) is 4.32. The standard InChI is InChI=1S/C21H24N2O3S/c1-3-4-9-23(2)10-11-27-16-12-15(24)17-18(19(16)22)21(26)14-8-6-5-7-13(14)20(17)25/h5-8,12,24H,3-4,9-11,22H2,1-2H3. The molecule has 3 rings (SSSR count). The highest BCUT2D eigenvalue weighted by molar-refractivity contribution is 7.99. The molecule has 1 aliphatic rings. The Kier molecular flexibility index (Phi) is 5.87. The number of thioether (sulfide) groups is 1. The number of nitrogens with two attached hydrogens (primary N) is 1. The lowest BCUT2D eigenvalue weighted by Gasteiger charge is -2.22. The highest BCUT2D eigenvalue weighted by Gasteiger charge is 2.34. The van der Waals surface area contributed by atoms with Crippen LogP contribution in [0.15, 0.2) is 35.2 Å². The van der Waals surface area contributed by atoms with Crippen LogP contribution in [0, 0.1) is 0 Å². The first kappa shape index (κ1) is 19.5. The van der Waals surface area contributed by atoms with Crippen LogP contribution in [0.3, 0.4) is 0 Å². The fourth-order valence-electron chi connectivity index (χ4n) is 3.24. The van der Waals surface area contributed by atoms with Crippen LogP contribution < -0.4 is 5.73 Å². The van der Waals surface area contributed by atoms with Gasteiger partial charge in [-0.3, -0.25) is 9.59 Å². The number of phenolic OH excluding ortho intramolecular Hbond substituents is 1. The number of hydrogen-bond donors (Lipinski definition) is 2. The average Bonchev–Trinajstić information content (AvgIpc) is 2.66. The molecule has 0 saturated carbocycles. The Morgan fingerprint density at radius 1 is 1.07 bits per heavy atom. The number of carbonyl (C=O) groups excluding carboxylic acids is 2. The summed E-state index contributed by atoms with van der Waals surface area (Å²) in [7, 11) is 2.07. The van der Waals surface area contributed by atoms with Gasteiger partial charge in [-0.05, 0) is 26.1 Å². The third-order valence-electron chi connectivity index (χ3n) is 4.80. The molecule has 0 atom stereocenters. The first-order chi connectivity index (χ1) is 13.0. The van der Waals surface area contributed by atoms with E-state index in [1.54, 1.807) is 24.3 Å². The summed E-state index contributed by atoms with van der Waals surface area (Å²) >= 11 is 1.49. The second-order valence-electron chi connectivity index (χ2n) is 6.77. The van der Waals surface area contributed by atoms with Gasteiger partial charge in [-0.15, -0.1) is 11.8 Å². The van der Waals surface area contributed by atoms with Crippen LogP contribution in [0.25, 0.3) is 0 Å². The average molecular weight is 385 g/mol. The van der Waals surface area contributed by atoms with Crippen molar-refractivity contribution in [2.24, 2.45) is 0 Å². The third-order valence-corrected chi connectivity index (χ3v) is 5.84. The largest absolute Gasteiger partial charge is 0.507 e. The lowest BCUT2D eigenvalue weighted by Crippen LogP contribution is -2.23. The number of phenols is 1. The molecule has 0 unspecified atom stereocenters. The van der Waals surface area contributed by atoms with Gasteiger partial charge in [0.15, 0.2) is 11.6 Å². The zero-order chi connectivity index (χ0) is 19.6. The predicted octanol–water partition coefficient (Wildman–Crippen LogP) is 3.57. The number of nitrogens with zero attached hydrogens (tertiary/aromatic N) is 1. The number of anilines is 1. The Morgan fingerprint density at radius 3 is 2.33 bits per heavy atom. The molecule has 0 fully saturated rings. The molecule has 142 valence electrons. The van der Waals surface area contributed by atoms with E-state index in [0.717, 1.165) is 31.7 Å². The molecule has 0 heterocycles. The summed E-state index contributed by atoms with van der Waals surface area (Å²) < 4.78 is 0. The van der Waals surface area contributed by atoms with E-state index in [1.165, 1.54) is 17.8 Å². The summed E-state index contributed by atoms with van der Waals surface area (Å²) in [4.78, 5) is 28.6. The molecular weight excluding hydrogens is 360 g/mol. The highest BCUT2D eigenvalue weighted by Crippen LogP contribution is 2.41. The highest BCUT2D eigenvalue weighted by atomic mass is 32.2. The first-order valence-electron chi connectivity index (χ1n) is 9.10. The van der Waals surface area contributed by atoms with E-state index >= 15 is 0 Å². The van der Waals surface area contributed by atoms with E-state index in [0.29, 0.717) is 16.0 Å². The van der Waals surface area contributed by atoms with Crippen LogP contribution in [0.1, 0.15) is 51.6 Å². The molecule has 6 heteroatoms. The molecule has 5 nitrogen and oxygen atoms in total. The zero-order valence-electron chi connectivity index (χ0n) is 15.6. The number of fused-ring (bicyclic) bond motifs is 2. The Hall–Kier alpha value is -2.31. The molecule has 2 aromatic carbocycles.